The standard InChI is InChI=1S/C14H19N3O2/c15-8-10-3-5-11(6-4-10)14(19)17-7-1-2-12(9-17)13(16)18/h3-6,12H,1-2,7-9,15H2,(H2,16,18). The topological polar surface area (TPSA) is 89.4 Å². The lowest BCUT2D eigenvalue weighted by Crippen LogP contribution is -2.44. The number of primary amides is 1. The van der Waals surface area contributed by atoms with Crippen molar-refractivity contribution < 1.29 is 9.59 Å². The molecule has 0 saturated carbocycles. The summed E-state index contributed by atoms with van der Waals surface area (Å²) in [6.07, 6.45) is 1.59. The van der Waals surface area contributed by atoms with Gasteiger partial charge in [-0.25, -0.2) is 0 Å². The average Bonchev–Trinajstić information content (AvgIpc) is 2.46. The predicted octanol–water partition coefficient (Wildman–Crippen LogP) is 0.483. The molecule has 2 amide bonds. The Kier molecular flexibility index (Phi) is 4.16. The maximum Gasteiger partial charge on any atom is 0.253 e. The normalized spacial score (nSPS) is 19.2. The fourth-order valence-corrected chi connectivity index (χ4v) is 2.36. The van der Waals surface area contributed by atoms with Crippen LogP contribution in [-0.2, 0) is 11.3 Å². The number of benzene rings is 1. The minimum atomic E-state index is -0.323. The molecule has 1 saturated heterocycles. The van der Waals surface area contributed by atoms with Crippen LogP contribution in [0.2, 0.25) is 0 Å². The van der Waals surface area contributed by atoms with Crippen molar-refractivity contribution in [2.45, 2.75) is 19.4 Å². The van der Waals surface area contributed by atoms with Crippen LogP contribution in [0.4, 0.5) is 0 Å². The van der Waals surface area contributed by atoms with Crippen molar-refractivity contribution in [3.8, 4) is 0 Å². The van der Waals surface area contributed by atoms with Gasteiger partial charge in [0, 0.05) is 25.2 Å². The van der Waals surface area contributed by atoms with E-state index in [-0.39, 0.29) is 17.7 Å². The molecule has 0 spiro atoms. The van der Waals surface area contributed by atoms with Gasteiger partial charge in [-0.2, -0.15) is 0 Å². The number of carbonyl (C=O) groups is 2. The van der Waals surface area contributed by atoms with E-state index in [1.807, 2.05) is 12.1 Å². The maximum atomic E-state index is 12.3. The van der Waals surface area contributed by atoms with Crippen molar-refractivity contribution >= 4 is 11.8 Å². The quantitative estimate of drug-likeness (QED) is 0.829. The Labute approximate surface area is 112 Å². The Morgan fingerprint density at radius 2 is 1.95 bits per heavy atom. The Balaban J connectivity index is 2.07. The summed E-state index contributed by atoms with van der Waals surface area (Å²) in [5.41, 5.74) is 12.5. The van der Waals surface area contributed by atoms with E-state index in [1.165, 1.54) is 0 Å². The first-order valence-corrected chi connectivity index (χ1v) is 6.49. The molecule has 19 heavy (non-hydrogen) atoms. The molecule has 1 aromatic carbocycles. The second kappa shape index (κ2) is 5.84. The van der Waals surface area contributed by atoms with Gasteiger partial charge in [0.1, 0.15) is 0 Å². The number of likely N-dealkylation sites (tertiary alicyclic amines) is 1. The summed E-state index contributed by atoms with van der Waals surface area (Å²) in [7, 11) is 0. The fraction of sp³-hybridized carbons (Fsp3) is 0.429. The van der Waals surface area contributed by atoms with E-state index in [1.54, 1.807) is 17.0 Å². The summed E-state index contributed by atoms with van der Waals surface area (Å²) in [4.78, 5) is 25.2. The number of nitrogens with two attached hydrogens (primary N) is 2. The molecule has 0 bridgehead atoms. The third-order valence-corrected chi connectivity index (χ3v) is 3.55. The first-order valence-electron chi connectivity index (χ1n) is 6.49. The number of carbonyl (C=O) groups excluding carboxylic acids is 2. The highest BCUT2D eigenvalue weighted by Gasteiger charge is 2.27. The average molecular weight is 261 g/mol. The lowest BCUT2D eigenvalue weighted by Gasteiger charge is -2.31. The van der Waals surface area contributed by atoms with Gasteiger partial charge in [0.25, 0.3) is 5.91 Å². The van der Waals surface area contributed by atoms with Crippen molar-refractivity contribution in [1.29, 1.82) is 0 Å². The second-order valence-corrected chi connectivity index (χ2v) is 4.89. The van der Waals surface area contributed by atoms with E-state index in [9.17, 15) is 9.59 Å². The molecule has 2 rings (SSSR count). The molecule has 102 valence electrons. The molecule has 1 aliphatic heterocycles. The molecule has 0 aliphatic carbocycles. The van der Waals surface area contributed by atoms with Gasteiger partial charge >= 0.3 is 0 Å². The SMILES string of the molecule is NCc1ccc(C(=O)N2CCCC(C(N)=O)C2)cc1. The first-order chi connectivity index (χ1) is 9.11. The van der Waals surface area contributed by atoms with E-state index in [4.69, 9.17) is 11.5 Å². The predicted molar refractivity (Wildman–Crippen MR) is 72.2 cm³/mol. The minimum Gasteiger partial charge on any atom is -0.369 e. The molecule has 0 radical (unpaired) electrons. The lowest BCUT2D eigenvalue weighted by atomic mass is 9.97. The van der Waals surface area contributed by atoms with Gasteiger partial charge in [-0.1, -0.05) is 12.1 Å². The molecule has 5 nitrogen and oxygen atoms in total. The Morgan fingerprint density at radius 1 is 1.26 bits per heavy atom. The third kappa shape index (κ3) is 3.12. The van der Waals surface area contributed by atoms with Gasteiger partial charge in [0.2, 0.25) is 5.91 Å². The van der Waals surface area contributed by atoms with Crippen LogP contribution in [0.1, 0.15) is 28.8 Å². The molecule has 1 atom stereocenters. The zero-order valence-electron chi connectivity index (χ0n) is 10.8. The summed E-state index contributed by atoms with van der Waals surface area (Å²) in [5.74, 6) is -0.591. The summed E-state index contributed by atoms with van der Waals surface area (Å²) < 4.78 is 0. The van der Waals surface area contributed by atoms with Gasteiger partial charge in [-0.05, 0) is 30.5 Å². The Morgan fingerprint density at radius 3 is 2.53 bits per heavy atom. The molecule has 1 unspecified atom stereocenters. The van der Waals surface area contributed by atoms with Crippen molar-refractivity contribution in [2.75, 3.05) is 13.1 Å². The largest absolute Gasteiger partial charge is 0.369 e. The third-order valence-electron chi connectivity index (χ3n) is 3.55. The van der Waals surface area contributed by atoms with Gasteiger partial charge in [0.05, 0.1) is 5.92 Å². The maximum absolute atomic E-state index is 12.3. The zero-order valence-corrected chi connectivity index (χ0v) is 10.8. The molecule has 1 heterocycles. The molecule has 1 aliphatic rings. The molecule has 1 fully saturated rings. The summed E-state index contributed by atoms with van der Waals surface area (Å²) in [5, 5.41) is 0. The number of hydrogen-bond acceptors (Lipinski definition) is 3. The highest BCUT2D eigenvalue weighted by atomic mass is 16.2. The molecular weight excluding hydrogens is 242 g/mol. The Hall–Kier alpha value is -1.88. The van der Waals surface area contributed by atoms with E-state index in [0.29, 0.717) is 25.2 Å². The van der Waals surface area contributed by atoms with Crippen molar-refractivity contribution in [3.63, 3.8) is 0 Å². The number of rotatable bonds is 3. The highest BCUT2D eigenvalue weighted by molar-refractivity contribution is 5.94. The van der Waals surface area contributed by atoms with Gasteiger partial charge in [-0.3, -0.25) is 9.59 Å². The van der Waals surface area contributed by atoms with E-state index >= 15 is 0 Å². The van der Waals surface area contributed by atoms with Crippen molar-refractivity contribution in [3.05, 3.63) is 35.4 Å². The minimum absolute atomic E-state index is 0.0467. The zero-order chi connectivity index (χ0) is 13.8. The van der Waals surface area contributed by atoms with Crippen LogP contribution in [0.25, 0.3) is 0 Å². The second-order valence-electron chi connectivity index (χ2n) is 4.89. The molecule has 5 heteroatoms. The smallest absolute Gasteiger partial charge is 0.253 e. The Bertz CT molecular complexity index is 470. The van der Waals surface area contributed by atoms with Crippen LogP contribution in [0.15, 0.2) is 24.3 Å². The first kappa shape index (κ1) is 13.5. The molecule has 4 N–H and O–H groups in total. The monoisotopic (exact) mass is 261 g/mol. The van der Waals surface area contributed by atoms with Crippen LogP contribution in [0.3, 0.4) is 0 Å². The van der Waals surface area contributed by atoms with E-state index in [0.717, 1.165) is 18.4 Å². The van der Waals surface area contributed by atoms with E-state index < -0.39 is 0 Å². The van der Waals surface area contributed by atoms with Crippen LogP contribution >= 0.6 is 0 Å². The highest BCUT2D eigenvalue weighted by Crippen LogP contribution is 2.18. The van der Waals surface area contributed by atoms with Crippen LogP contribution < -0.4 is 11.5 Å². The van der Waals surface area contributed by atoms with E-state index in [2.05, 4.69) is 0 Å². The van der Waals surface area contributed by atoms with Crippen molar-refractivity contribution in [2.24, 2.45) is 17.4 Å². The fourth-order valence-electron chi connectivity index (χ4n) is 2.36. The molecule has 0 aromatic heterocycles. The summed E-state index contributed by atoms with van der Waals surface area (Å²) >= 11 is 0. The number of hydrogen-bond donors (Lipinski definition) is 2. The molecule has 1 aromatic rings. The van der Waals surface area contributed by atoms with Crippen molar-refractivity contribution in [1.82, 2.24) is 4.90 Å². The number of amides is 2. The summed E-state index contributed by atoms with van der Waals surface area (Å²) in [6.45, 7) is 1.57. The van der Waals surface area contributed by atoms with Gasteiger partial charge < -0.3 is 16.4 Å². The summed E-state index contributed by atoms with van der Waals surface area (Å²) in [6, 6.07) is 7.25. The lowest BCUT2D eigenvalue weighted by molar-refractivity contribution is -0.123. The van der Waals surface area contributed by atoms with Crippen LogP contribution in [-0.4, -0.2) is 29.8 Å². The number of nitrogens with zero attached hydrogens (tertiary/aromatic N) is 1. The molecular formula is C14H19N3O2. The van der Waals surface area contributed by atoms with Crippen LogP contribution in [0, 0.1) is 5.92 Å². The van der Waals surface area contributed by atoms with Crippen LogP contribution in [0.5, 0.6) is 0 Å². The van der Waals surface area contributed by atoms with Gasteiger partial charge in [0.15, 0.2) is 0 Å². The van der Waals surface area contributed by atoms with Gasteiger partial charge in [-0.15, -0.1) is 0 Å². The number of piperidine rings is 1.